The number of methoxy groups -OCH3 is 2. The van der Waals surface area contributed by atoms with Crippen molar-refractivity contribution in [3.8, 4) is 0 Å². The first kappa shape index (κ1) is 24.0. The first-order valence-corrected chi connectivity index (χ1v) is 10.5. The zero-order valence-corrected chi connectivity index (χ0v) is 19.1. The topological polar surface area (TPSA) is 73.7 Å². The van der Waals surface area contributed by atoms with E-state index >= 15 is 0 Å². The van der Waals surface area contributed by atoms with Crippen LogP contribution < -0.4 is 5.56 Å². The summed E-state index contributed by atoms with van der Waals surface area (Å²) in [6.45, 7) is 9.95. The van der Waals surface area contributed by atoms with E-state index in [2.05, 4.69) is 0 Å². The molecule has 1 aromatic heterocycles. The molecule has 1 amide bonds. The van der Waals surface area contributed by atoms with Crippen LogP contribution in [-0.4, -0.2) is 54.3 Å². The lowest BCUT2D eigenvalue weighted by molar-refractivity contribution is -0.135. The van der Waals surface area contributed by atoms with E-state index in [-0.39, 0.29) is 22.9 Å². The molecule has 0 radical (unpaired) electrons. The van der Waals surface area contributed by atoms with Gasteiger partial charge < -0.3 is 14.4 Å². The van der Waals surface area contributed by atoms with E-state index < -0.39 is 0 Å². The van der Waals surface area contributed by atoms with Gasteiger partial charge in [-0.2, -0.15) is 0 Å². The van der Waals surface area contributed by atoms with Crippen molar-refractivity contribution in [2.45, 2.75) is 53.1 Å². The number of ether oxygens (including phenoxy) is 2. The van der Waals surface area contributed by atoms with Crippen LogP contribution in [0.3, 0.4) is 0 Å². The average Bonchev–Trinajstić information content (AvgIpc) is 2.68. The molecule has 1 heterocycles. The molecule has 166 valence electrons. The molecule has 7 heteroatoms. The Bertz CT molecular complexity index is 901. The summed E-state index contributed by atoms with van der Waals surface area (Å²) in [4.78, 5) is 33.0. The van der Waals surface area contributed by atoms with Gasteiger partial charge in [-0.3, -0.25) is 14.2 Å². The highest BCUT2D eigenvalue weighted by Gasteiger charge is 2.28. The molecule has 1 unspecified atom stereocenters. The van der Waals surface area contributed by atoms with Crippen molar-refractivity contribution < 1.29 is 14.3 Å². The van der Waals surface area contributed by atoms with Crippen molar-refractivity contribution in [2.75, 3.05) is 34.0 Å². The maximum Gasteiger partial charge on any atom is 0.261 e. The van der Waals surface area contributed by atoms with Crippen molar-refractivity contribution in [3.63, 3.8) is 0 Å². The summed E-state index contributed by atoms with van der Waals surface area (Å²) in [6.07, 6.45) is 1.13. The highest BCUT2D eigenvalue weighted by molar-refractivity contribution is 5.78. The Kier molecular flexibility index (Phi) is 8.55. The molecule has 0 aliphatic heterocycles. The van der Waals surface area contributed by atoms with Gasteiger partial charge in [0.25, 0.3) is 5.56 Å². The number of carbonyl (C=O) groups is 1. The summed E-state index contributed by atoms with van der Waals surface area (Å²) in [5.74, 6) is 0.627. The average molecular weight is 418 g/mol. The smallest absolute Gasteiger partial charge is 0.261 e. The van der Waals surface area contributed by atoms with Crippen molar-refractivity contribution >= 4 is 16.8 Å². The number of amides is 1. The summed E-state index contributed by atoms with van der Waals surface area (Å²) in [6, 6.07) is 6.96. The fraction of sp³-hybridized carbons (Fsp3) is 0.609. The van der Waals surface area contributed by atoms with E-state index in [9.17, 15) is 9.59 Å². The van der Waals surface area contributed by atoms with Crippen molar-refractivity contribution in [1.82, 2.24) is 14.5 Å². The van der Waals surface area contributed by atoms with Crippen LogP contribution in [0.4, 0.5) is 0 Å². The molecule has 1 atom stereocenters. The second kappa shape index (κ2) is 10.7. The lowest BCUT2D eigenvalue weighted by atomic mass is 9.91. The van der Waals surface area contributed by atoms with Crippen LogP contribution in [0.1, 0.15) is 52.4 Å². The molecule has 0 fully saturated rings. The van der Waals surface area contributed by atoms with Crippen LogP contribution in [0.2, 0.25) is 0 Å². The molecular formula is C23H35N3O4. The standard InChI is InChI=1S/C23H35N3O4/c1-17(25(12-9-14-29-5)20(27)16-23(2,3)4)21-24-19-11-8-7-10-18(19)22(28)26(21)13-15-30-6/h7-8,10-11,17H,9,12-16H2,1-6H3. The van der Waals surface area contributed by atoms with Gasteiger partial charge in [0.15, 0.2) is 0 Å². The molecule has 0 aliphatic carbocycles. The van der Waals surface area contributed by atoms with Crippen LogP contribution >= 0.6 is 0 Å². The molecule has 0 aliphatic rings. The van der Waals surface area contributed by atoms with E-state index in [0.717, 1.165) is 0 Å². The molecular weight excluding hydrogens is 382 g/mol. The lowest BCUT2D eigenvalue weighted by Gasteiger charge is -2.32. The van der Waals surface area contributed by atoms with Gasteiger partial charge >= 0.3 is 0 Å². The summed E-state index contributed by atoms with van der Waals surface area (Å²) >= 11 is 0. The molecule has 0 spiro atoms. The number of carbonyl (C=O) groups excluding carboxylic acids is 1. The Labute approximate surface area is 179 Å². The van der Waals surface area contributed by atoms with Gasteiger partial charge in [0.2, 0.25) is 5.91 Å². The number of rotatable bonds is 10. The Hall–Kier alpha value is -2.25. The SMILES string of the molecule is COCCCN(C(=O)CC(C)(C)C)C(C)c1nc2ccccc2c(=O)n1CCOC. The predicted octanol–water partition coefficient (Wildman–Crippen LogP) is 3.41. The Balaban J connectivity index is 2.52. The fourth-order valence-corrected chi connectivity index (χ4v) is 3.51. The quantitative estimate of drug-likeness (QED) is 0.554. The Morgan fingerprint density at radius 3 is 2.47 bits per heavy atom. The molecule has 1 aromatic carbocycles. The van der Waals surface area contributed by atoms with Gasteiger partial charge in [-0.25, -0.2) is 4.98 Å². The highest BCUT2D eigenvalue weighted by atomic mass is 16.5. The molecule has 0 saturated heterocycles. The minimum atomic E-state index is -0.356. The third-order valence-corrected chi connectivity index (χ3v) is 5.00. The molecule has 0 saturated carbocycles. The van der Waals surface area contributed by atoms with Gasteiger partial charge in [0, 0.05) is 33.8 Å². The van der Waals surface area contributed by atoms with Gasteiger partial charge in [0.1, 0.15) is 5.82 Å². The summed E-state index contributed by atoms with van der Waals surface area (Å²) < 4.78 is 12.0. The van der Waals surface area contributed by atoms with Crippen LogP contribution in [0.25, 0.3) is 10.9 Å². The first-order valence-electron chi connectivity index (χ1n) is 10.5. The lowest BCUT2D eigenvalue weighted by Crippen LogP contribution is -2.40. The third-order valence-electron chi connectivity index (χ3n) is 5.00. The van der Waals surface area contributed by atoms with Gasteiger partial charge in [-0.05, 0) is 30.9 Å². The normalized spacial score (nSPS) is 12.9. The van der Waals surface area contributed by atoms with Gasteiger partial charge in [0.05, 0.1) is 30.1 Å². The largest absolute Gasteiger partial charge is 0.385 e. The molecule has 0 bridgehead atoms. The monoisotopic (exact) mass is 417 g/mol. The number of para-hydroxylation sites is 1. The second-order valence-electron chi connectivity index (χ2n) is 8.78. The third kappa shape index (κ3) is 6.12. The first-order chi connectivity index (χ1) is 14.2. The maximum atomic E-state index is 13.2. The summed E-state index contributed by atoms with van der Waals surface area (Å²) in [5.41, 5.74) is 0.390. The number of hydrogen-bond donors (Lipinski definition) is 0. The highest BCUT2D eigenvalue weighted by Crippen LogP contribution is 2.26. The van der Waals surface area contributed by atoms with Crippen molar-refractivity contribution in [1.29, 1.82) is 0 Å². The van der Waals surface area contributed by atoms with E-state index in [1.54, 1.807) is 24.9 Å². The summed E-state index contributed by atoms with van der Waals surface area (Å²) in [5, 5.41) is 0.566. The van der Waals surface area contributed by atoms with E-state index in [0.29, 0.717) is 55.9 Å². The molecule has 7 nitrogen and oxygen atoms in total. The van der Waals surface area contributed by atoms with Crippen LogP contribution in [0.15, 0.2) is 29.1 Å². The minimum Gasteiger partial charge on any atom is -0.385 e. The minimum absolute atomic E-state index is 0.0480. The van der Waals surface area contributed by atoms with Gasteiger partial charge in [-0.1, -0.05) is 32.9 Å². The summed E-state index contributed by atoms with van der Waals surface area (Å²) in [7, 11) is 3.25. The van der Waals surface area contributed by atoms with Crippen LogP contribution in [0.5, 0.6) is 0 Å². The van der Waals surface area contributed by atoms with E-state index in [1.807, 2.05) is 50.8 Å². The van der Waals surface area contributed by atoms with Crippen molar-refractivity contribution in [3.05, 3.63) is 40.4 Å². The van der Waals surface area contributed by atoms with E-state index in [4.69, 9.17) is 14.5 Å². The van der Waals surface area contributed by atoms with Crippen LogP contribution in [-0.2, 0) is 20.8 Å². The van der Waals surface area contributed by atoms with Crippen LogP contribution in [0, 0.1) is 5.41 Å². The Morgan fingerprint density at radius 1 is 1.17 bits per heavy atom. The second-order valence-corrected chi connectivity index (χ2v) is 8.78. The number of hydrogen-bond acceptors (Lipinski definition) is 5. The fourth-order valence-electron chi connectivity index (χ4n) is 3.51. The van der Waals surface area contributed by atoms with Gasteiger partial charge in [-0.15, -0.1) is 0 Å². The zero-order chi connectivity index (χ0) is 22.3. The molecule has 0 N–H and O–H groups in total. The predicted molar refractivity (Wildman–Crippen MR) is 119 cm³/mol. The molecule has 2 rings (SSSR count). The van der Waals surface area contributed by atoms with Crippen molar-refractivity contribution in [2.24, 2.45) is 5.41 Å². The van der Waals surface area contributed by atoms with E-state index in [1.165, 1.54) is 0 Å². The maximum absolute atomic E-state index is 13.2. The molecule has 30 heavy (non-hydrogen) atoms. The number of benzene rings is 1. The Morgan fingerprint density at radius 2 is 1.83 bits per heavy atom. The number of fused-ring (bicyclic) bond motifs is 1. The number of nitrogens with zero attached hydrogens (tertiary/aromatic N) is 3. The molecule has 2 aromatic rings. The number of aromatic nitrogens is 2. The zero-order valence-electron chi connectivity index (χ0n) is 19.1.